The summed E-state index contributed by atoms with van der Waals surface area (Å²) in [5.41, 5.74) is 0.470. The molecule has 1 saturated heterocycles. The second kappa shape index (κ2) is 3.09. The summed E-state index contributed by atoms with van der Waals surface area (Å²) in [5.74, 6) is 1.10. The average Bonchev–Trinajstić information content (AvgIpc) is 2.90. The molecule has 2 nitrogen and oxygen atoms in total. The molecule has 13 heavy (non-hydrogen) atoms. The van der Waals surface area contributed by atoms with Gasteiger partial charge in [0.25, 0.3) is 0 Å². The number of nitrogens with zero attached hydrogens (tertiary/aromatic N) is 1. The van der Waals surface area contributed by atoms with E-state index in [0.29, 0.717) is 17.3 Å². The van der Waals surface area contributed by atoms with Gasteiger partial charge >= 0.3 is 0 Å². The predicted octanol–water partition coefficient (Wildman–Crippen LogP) is 1.55. The Morgan fingerprint density at radius 3 is 2.46 bits per heavy atom. The minimum absolute atomic E-state index is 0.397. The van der Waals surface area contributed by atoms with Crippen molar-refractivity contribution in [3.05, 3.63) is 0 Å². The number of piperidine rings is 1. The number of aldehydes is 1. The van der Waals surface area contributed by atoms with Crippen LogP contribution in [0, 0.1) is 17.3 Å². The van der Waals surface area contributed by atoms with E-state index in [2.05, 4.69) is 18.9 Å². The summed E-state index contributed by atoms with van der Waals surface area (Å²) in [5, 5.41) is 0. The number of carbonyl (C=O) groups is 1. The highest BCUT2D eigenvalue weighted by Gasteiger charge is 2.50. The van der Waals surface area contributed by atoms with Crippen LogP contribution in [-0.4, -0.2) is 31.3 Å². The highest BCUT2D eigenvalue weighted by Crippen LogP contribution is 2.54. The molecule has 0 N–H and O–H groups in total. The van der Waals surface area contributed by atoms with Crippen molar-refractivity contribution < 1.29 is 4.79 Å². The third kappa shape index (κ3) is 1.64. The average molecular weight is 181 g/mol. The van der Waals surface area contributed by atoms with Gasteiger partial charge in [-0.2, -0.15) is 0 Å². The Hall–Kier alpha value is -0.370. The van der Waals surface area contributed by atoms with Gasteiger partial charge in [-0.05, 0) is 50.7 Å². The lowest BCUT2D eigenvalue weighted by Crippen LogP contribution is -2.37. The second-order valence-corrected chi connectivity index (χ2v) is 5.10. The first-order valence-electron chi connectivity index (χ1n) is 5.29. The molecule has 0 aromatic rings. The Labute approximate surface area is 80.3 Å². The molecule has 0 spiro atoms. The van der Waals surface area contributed by atoms with E-state index in [4.69, 9.17) is 0 Å². The first-order valence-corrected chi connectivity index (χ1v) is 5.29. The summed E-state index contributed by atoms with van der Waals surface area (Å²) in [6.07, 6.45) is 4.87. The van der Waals surface area contributed by atoms with E-state index < -0.39 is 0 Å². The molecular formula is C11H19NO. The third-order valence-corrected chi connectivity index (χ3v) is 4.04. The molecule has 2 atom stereocenters. The second-order valence-electron chi connectivity index (χ2n) is 5.10. The molecule has 1 aliphatic carbocycles. The minimum atomic E-state index is 0.397. The molecule has 0 radical (unpaired) electrons. The predicted molar refractivity (Wildman–Crippen MR) is 52.5 cm³/mol. The van der Waals surface area contributed by atoms with E-state index >= 15 is 0 Å². The fourth-order valence-corrected chi connectivity index (χ4v) is 2.67. The van der Waals surface area contributed by atoms with Crippen molar-refractivity contribution in [1.82, 2.24) is 4.90 Å². The van der Waals surface area contributed by atoms with E-state index in [1.807, 2.05) is 0 Å². The quantitative estimate of drug-likeness (QED) is 0.602. The molecule has 0 aromatic heterocycles. The van der Waals surface area contributed by atoms with Gasteiger partial charge < -0.3 is 9.69 Å². The van der Waals surface area contributed by atoms with E-state index in [-0.39, 0.29) is 0 Å². The van der Waals surface area contributed by atoms with Gasteiger partial charge in [-0.1, -0.05) is 6.92 Å². The number of hydrogen-bond donors (Lipinski definition) is 0. The van der Waals surface area contributed by atoms with Crippen LogP contribution in [0.1, 0.15) is 26.2 Å². The largest absolute Gasteiger partial charge is 0.306 e. The van der Waals surface area contributed by atoms with Gasteiger partial charge in [-0.15, -0.1) is 0 Å². The van der Waals surface area contributed by atoms with Crippen molar-refractivity contribution in [2.75, 3.05) is 20.1 Å². The molecule has 0 aromatic carbocycles. The summed E-state index contributed by atoms with van der Waals surface area (Å²) in [4.78, 5) is 13.0. The molecule has 2 rings (SSSR count). The Bertz CT molecular complexity index is 206. The van der Waals surface area contributed by atoms with Gasteiger partial charge in [0.1, 0.15) is 6.29 Å². The van der Waals surface area contributed by atoms with Gasteiger partial charge in [-0.25, -0.2) is 0 Å². The van der Waals surface area contributed by atoms with Crippen LogP contribution in [0.3, 0.4) is 0 Å². The van der Waals surface area contributed by atoms with E-state index in [1.165, 1.54) is 25.9 Å². The lowest BCUT2D eigenvalue weighted by molar-refractivity contribution is -0.109. The zero-order valence-electron chi connectivity index (χ0n) is 8.62. The van der Waals surface area contributed by atoms with Crippen molar-refractivity contribution in [1.29, 1.82) is 0 Å². The molecule has 2 aliphatic rings. The molecule has 1 heterocycles. The maximum Gasteiger partial charge on any atom is 0.123 e. The zero-order valence-corrected chi connectivity index (χ0v) is 8.62. The first-order chi connectivity index (χ1) is 6.15. The number of carbonyl (C=O) groups excluding carboxylic acids is 1. The summed E-state index contributed by atoms with van der Waals surface area (Å²) in [7, 11) is 2.18. The Kier molecular flexibility index (Phi) is 2.18. The van der Waals surface area contributed by atoms with Crippen molar-refractivity contribution in [3.8, 4) is 0 Å². The molecule has 2 fully saturated rings. The zero-order chi connectivity index (χ0) is 9.47. The van der Waals surface area contributed by atoms with Gasteiger partial charge in [0.2, 0.25) is 0 Å². The van der Waals surface area contributed by atoms with Crippen LogP contribution in [0.2, 0.25) is 0 Å². The molecule has 0 bridgehead atoms. The van der Waals surface area contributed by atoms with Crippen molar-refractivity contribution >= 4 is 6.29 Å². The van der Waals surface area contributed by atoms with Gasteiger partial charge in [0.05, 0.1) is 0 Å². The molecule has 2 heteroatoms. The van der Waals surface area contributed by atoms with Gasteiger partial charge in [-0.3, -0.25) is 0 Å². The topological polar surface area (TPSA) is 20.3 Å². The summed E-state index contributed by atoms with van der Waals surface area (Å²) in [6, 6.07) is 0. The van der Waals surface area contributed by atoms with Gasteiger partial charge in [0, 0.05) is 5.92 Å². The van der Waals surface area contributed by atoms with Crippen LogP contribution in [-0.2, 0) is 4.79 Å². The third-order valence-electron chi connectivity index (χ3n) is 4.04. The van der Waals surface area contributed by atoms with Crippen LogP contribution < -0.4 is 0 Å². The summed E-state index contributed by atoms with van der Waals surface area (Å²) in [6.45, 7) is 4.78. The van der Waals surface area contributed by atoms with Gasteiger partial charge in [0.15, 0.2) is 0 Å². The van der Waals surface area contributed by atoms with Crippen LogP contribution in [0.5, 0.6) is 0 Å². The van der Waals surface area contributed by atoms with Crippen LogP contribution in [0.15, 0.2) is 0 Å². The fourth-order valence-electron chi connectivity index (χ4n) is 2.67. The van der Waals surface area contributed by atoms with E-state index in [1.54, 1.807) is 0 Å². The number of hydrogen-bond acceptors (Lipinski definition) is 2. The normalized spacial score (nSPS) is 38.6. The first kappa shape index (κ1) is 9.20. The lowest BCUT2D eigenvalue weighted by Gasteiger charge is -2.38. The lowest BCUT2D eigenvalue weighted by atomic mass is 9.75. The molecule has 1 saturated carbocycles. The maximum absolute atomic E-state index is 10.6. The summed E-state index contributed by atoms with van der Waals surface area (Å²) >= 11 is 0. The monoisotopic (exact) mass is 181 g/mol. The minimum Gasteiger partial charge on any atom is -0.306 e. The summed E-state index contributed by atoms with van der Waals surface area (Å²) < 4.78 is 0. The van der Waals surface area contributed by atoms with Crippen molar-refractivity contribution in [3.63, 3.8) is 0 Å². The SMILES string of the molecule is CN1CCC(C)([C@@H]2C[C@H]2C=O)CC1. The Morgan fingerprint density at radius 2 is 2.00 bits per heavy atom. The highest BCUT2D eigenvalue weighted by molar-refractivity contribution is 5.58. The molecule has 0 unspecified atom stereocenters. The highest BCUT2D eigenvalue weighted by atomic mass is 16.1. The smallest absolute Gasteiger partial charge is 0.123 e. The van der Waals surface area contributed by atoms with E-state index in [0.717, 1.165) is 12.7 Å². The molecule has 74 valence electrons. The molecular weight excluding hydrogens is 162 g/mol. The van der Waals surface area contributed by atoms with Crippen LogP contribution >= 0.6 is 0 Å². The Morgan fingerprint density at radius 1 is 1.38 bits per heavy atom. The van der Waals surface area contributed by atoms with Crippen molar-refractivity contribution in [2.24, 2.45) is 17.3 Å². The molecule has 1 aliphatic heterocycles. The maximum atomic E-state index is 10.6. The number of rotatable bonds is 2. The van der Waals surface area contributed by atoms with Crippen molar-refractivity contribution in [2.45, 2.75) is 26.2 Å². The standard InChI is InChI=1S/C11H19NO/c1-11(10-7-9(10)8-13)3-5-12(2)6-4-11/h8-10H,3-7H2,1-2H3/t9-,10+/m0/s1. The van der Waals surface area contributed by atoms with Crippen LogP contribution in [0.25, 0.3) is 0 Å². The fraction of sp³-hybridized carbons (Fsp3) is 0.909. The molecule has 0 amide bonds. The Balaban J connectivity index is 1.94. The van der Waals surface area contributed by atoms with E-state index in [9.17, 15) is 4.79 Å². The number of likely N-dealkylation sites (tertiary alicyclic amines) is 1. The van der Waals surface area contributed by atoms with Crippen LogP contribution in [0.4, 0.5) is 0 Å².